The second kappa shape index (κ2) is 10.5. The molecular weight excluding hydrogens is 446 g/mol. The van der Waals surface area contributed by atoms with E-state index >= 15 is 0 Å². The van der Waals surface area contributed by atoms with Gasteiger partial charge < -0.3 is 9.47 Å². The number of benzene rings is 4. The lowest BCUT2D eigenvalue weighted by Crippen LogP contribution is -2.09. The molecule has 166 valence electrons. The second-order valence-corrected chi connectivity index (χ2v) is 7.86. The zero-order chi connectivity index (χ0) is 23.9. The number of hydrogen-bond acceptors (Lipinski definition) is 4. The maximum atomic E-state index is 12.7. The molecule has 4 aromatic carbocycles. The second-order valence-electron chi connectivity index (χ2n) is 7.42. The predicted molar refractivity (Wildman–Crippen MR) is 135 cm³/mol. The van der Waals surface area contributed by atoms with E-state index in [4.69, 9.17) is 21.1 Å². The quantitative estimate of drug-likeness (QED) is 0.130. The summed E-state index contributed by atoms with van der Waals surface area (Å²) >= 11 is 5.94. The van der Waals surface area contributed by atoms with Crippen molar-refractivity contribution in [1.82, 2.24) is 0 Å². The lowest BCUT2D eigenvalue weighted by molar-refractivity contribution is 0.0729. The Kier molecular flexibility index (Phi) is 7.07. The van der Waals surface area contributed by atoms with E-state index in [1.807, 2.05) is 42.5 Å². The van der Waals surface area contributed by atoms with Crippen molar-refractivity contribution in [2.75, 3.05) is 7.11 Å². The van der Waals surface area contributed by atoms with Crippen molar-refractivity contribution < 1.29 is 14.3 Å². The van der Waals surface area contributed by atoms with Gasteiger partial charge in [-0.3, -0.25) is 0 Å². The molecule has 0 N–H and O–H groups in total. The number of esters is 1. The molecule has 0 aliphatic rings. The third-order valence-electron chi connectivity index (χ3n) is 5.20. The normalized spacial score (nSPS) is 10.9. The van der Waals surface area contributed by atoms with Gasteiger partial charge in [0.2, 0.25) is 0 Å². The van der Waals surface area contributed by atoms with Crippen LogP contribution in [0.5, 0.6) is 11.5 Å². The average molecular weight is 466 g/mol. The molecule has 0 saturated heterocycles. The van der Waals surface area contributed by atoms with Gasteiger partial charge >= 0.3 is 5.97 Å². The van der Waals surface area contributed by atoms with Crippen LogP contribution in [0, 0.1) is 11.3 Å². The van der Waals surface area contributed by atoms with Crippen molar-refractivity contribution in [3.63, 3.8) is 0 Å². The van der Waals surface area contributed by atoms with Crippen molar-refractivity contribution in [2.24, 2.45) is 0 Å². The minimum absolute atomic E-state index is 0.293. The van der Waals surface area contributed by atoms with Crippen molar-refractivity contribution in [3.05, 3.63) is 119 Å². The molecule has 0 aromatic heterocycles. The van der Waals surface area contributed by atoms with E-state index < -0.39 is 5.97 Å². The summed E-state index contributed by atoms with van der Waals surface area (Å²) in [4.78, 5) is 12.7. The fourth-order valence-electron chi connectivity index (χ4n) is 3.42. The van der Waals surface area contributed by atoms with Crippen LogP contribution in [0.1, 0.15) is 21.5 Å². The van der Waals surface area contributed by atoms with Gasteiger partial charge in [0, 0.05) is 5.02 Å². The molecule has 34 heavy (non-hydrogen) atoms. The first-order chi connectivity index (χ1) is 16.6. The summed E-state index contributed by atoms with van der Waals surface area (Å²) in [5.74, 6) is 0.193. The molecule has 4 aromatic rings. The maximum absolute atomic E-state index is 12.7. The monoisotopic (exact) mass is 465 g/mol. The summed E-state index contributed by atoms with van der Waals surface area (Å²) in [6.07, 6.45) is 1.74. The van der Waals surface area contributed by atoms with E-state index in [0.717, 1.165) is 22.3 Å². The Morgan fingerprint density at radius 2 is 1.47 bits per heavy atom. The van der Waals surface area contributed by atoms with Gasteiger partial charge in [-0.15, -0.1) is 0 Å². The molecular formula is C29H20ClNO3. The Bertz CT molecular complexity index is 1370. The third-order valence-corrected chi connectivity index (χ3v) is 5.46. The summed E-state index contributed by atoms with van der Waals surface area (Å²) in [6, 6.07) is 31.5. The molecule has 0 amide bonds. The Labute approximate surface area is 203 Å². The van der Waals surface area contributed by atoms with Gasteiger partial charge in [-0.05, 0) is 64.7 Å². The molecule has 0 bridgehead atoms. The van der Waals surface area contributed by atoms with Gasteiger partial charge in [0.25, 0.3) is 0 Å². The molecule has 0 spiro atoms. The largest absolute Gasteiger partial charge is 0.493 e. The summed E-state index contributed by atoms with van der Waals surface area (Å²) in [6.45, 7) is 0. The average Bonchev–Trinajstić information content (AvgIpc) is 2.89. The Hall–Kier alpha value is -4.33. The first-order valence-corrected chi connectivity index (χ1v) is 10.9. The molecule has 0 heterocycles. The van der Waals surface area contributed by atoms with E-state index in [0.29, 0.717) is 27.7 Å². The molecule has 4 nitrogen and oxygen atoms in total. The summed E-state index contributed by atoms with van der Waals surface area (Å²) in [7, 11) is 1.50. The minimum Gasteiger partial charge on any atom is -0.493 e. The molecule has 0 fully saturated rings. The summed E-state index contributed by atoms with van der Waals surface area (Å²) < 4.78 is 11.0. The van der Waals surface area contributed by atoms with E-state index in [9.17, 15) is 10.1 Å². The number of nitriles is 1. The topological polar surface area (TPSA) is 59.3 Å². The third kappa shape index (κ3) is 5.35. The Morgan fingerprint density at radius 3 is 2.12 bits per heavy atom. The molecule has 0 aliphatic heterocycles. The molecule has 0 aliphatic carbocycles. The van der Waals surface area contributed by atoms with Crippen molar-refractivity contribution >= 4 is 29.2 Å². The predicted octanol–water partition coefficient (Wildman–Crippen LogP) is 7.30. The van der Waals surface area contributed by atoms with Crippen molar-refractivity contribution in [2.45, 2.75) is 0 Å². The Morgan fingerprint density at radius 1 is 0.824 bits per heavy atom. The van der Waals surface area contributed by atoms with Crippen LogP contribution >= 0.6 is 11.6 Å². The van der Waals surface area contributed by atoms with Gasteiger partial charge in [-0.25, -0.2) is 4.79 Å². The molecule has 0 atom stereocenters. The summed E-state index contributed by atoms with van der Waals surface area (Å²) in [5, 5.41) is 10.2. The van der Waals surface area contributed by atoms with E-state index in [1.54, 1.807) is 60.7 Å². The number of methoxy groups -OCH3 is 1. The zero-order valence-electron chi connectivity index (χ0n) is 18.4. The number of nitrogens with zero attached hydrogens (tertiary/aromatic N) is 1. The first-order valence-electron chi connectivity index (χ1n) is 10.5. The highest BCUT2D eigenvalue weighted by atomic mass is 35.5. The molecule has 0 radical (unpaired) electrons. The van der Waals surface area contributed by atoms with E-state index in [-0.39, 0.29) is 0 Å². The van der Waals surface area contributed by atoms with Gasteiger partial charge in [0.05, 0.1) is 24.3 Å². The number of carbonyl (C=O) groups excluding carboxylic acids is 1. The minimum atomic E-state index is -0.486. The molecule has 0 saturated carbocycles. The van der Waals surface area contributed by atoms with Gasteiger partial charge in [-0.1, -0.05) is 72.3 Å². The highest BCUT2D eigenvalue weighted by molar-refractivity contribution is 6.30. The standard InChI is InChI=1S/C29H20ClNO3/c1-33-28-18-20(17-25(19-31)23-12-14-26(30)15-13-23)7-16-27(28)34-29(32)24-10-8-22(9-11-24)21-5-3-2-4-6-21/h2-18H,1H3. The highest BCUT2D eigenvalue weighted by Crippen LogP contribution is 2.31. The molecule has 4 rings (SSSR count). The Balaban J connectivity index is 1.53. The number of rotatable bonds is 6. The summed E-state index contributed by atoms with van der Waals surface area (Å²) in [5.41, 5.74) is 4.47. The lowest BCUT2D eigenvalue weighted by Gasteiger charge is -2.11. The van der Waals surface area contributed by atoms with Crippen LogP contribution < -0.4 is 9.47 Å². The van der Waals surface area contributed by atoms with Crippen molar-refractivity contribution in [3.8, 4) is 28.7 Å². The van der Waals surface area contributed by atoms with Gasteiger partial charge in [0.15, 0.2) is 11.5 Å². The molecule has 0 unspecified atom stereocenters. The van der Waals surface area contributed by atoms with Crippen LogP contribution in [-0.4, -0.2) is 13.1 Å². The fourth-order valence-corrected chi connectivity index (χ4v) is 3.55. The van der Waals surface area contributed by atoms with Crippen LogP contribution in [0.25, 0.3) is 22.8 Å². The van der Waals surface area contributed by atoms with E-state index in [2.05, 4.69) is 6.07 Å². The number of allylic oxidation sites excluding steroid dienone is 1. The number of ether oxygens (including phenoxy) is 2. The highest BCUT2D eigenvalue weighted by Gasteiger charge is 2.13. The maximum Gasteiger partial charge on any atom is 0.343 e. The molecule has 5 heteroatoms. The fraction of sp³-hybridized carbons (Fsp3) is 0.0345. The number of carbonyl (C=O) groups is 1. The van der Waals surface area contributed by atoms with Gasteiger partial charge in [0.1, 0.15) is 0 Å². The van der Waals surface area contributed by atoms with Crippen LogP contribution in [0.3, 0.4) is 0 Å². The van der Waals surface area contributed by atoms with Crippen LogP contribution in [0.15, 0.2) is 97.1 Å². The van der Waals surface area contributed by atoms with Gasteiger partial charge in [-0.2, -0.15) is 5.26 Å². The SMILES string of the molecule is COc1cc(C=C(C#N)c2ccc(Cl)cc2)ccc1OC(=O)c1ccc(-c2ccccc2)cc1. The van der Waals surface area contributed by atoms with Crippen LogP contribution in [0.2, 0.25) is 5.02 Å². The van der Waals surface area contributed by atoms with Crippen molar-refractivity contribution in [1.29, 1.82) is 5.26 Å². The smallest absolute Gasteiger partial charge is 0.343 e. The zero-order valence-corrected chi connectivity index (χ0v) is 19.1. The van der Waals surface area contributed by atoms with E-state index in [1.165, 1.54) is 7.11 Å². The van der Waals surface area contributed by atoms with Crippen LogP contribution in [-0.2, 0) is 0 Å². The first kappa shape index (κ1) is 22.8. The van der Waals surface area contributed by atoms with Crippen LogP contribution in [0.4, 0.5) is 0 Å². The number of hydrogen-bond donors (Lipinski definition) is 0. The number of halogens is 1. The lowest BCUT2D eigenvalue weighted by atomic mass is 10.0.